The van der Waals surface area contributed by atoms with Crippen molar-refractivity contribution in [2.24, 2.45) is 5.73 Å². The fraction of sp³-hybridized carbons (Fsp3) is 0.167. The third-order valence-electron chi connectivity index (χ3n) is 3.35. The number of carbonyl (C=O) groups is 3. The molecule has 0 aromatic heterocycles. The Labute approximate surface area is 157 Å². The molecule has 0 fully saturated rings. The van der Waals surface area contributed by atoms with E-state index in [9.17, 15) is 27.6 Å². The molecule has 0 aliphatic heterocycles. The molecule has 0 aliphatic rings. The Kier molecular flexibility index (Phi) is 6.59. The number of primary amides is 1. The summed E-state index contributed by atoms with van der Waals surface area (Å²) >= 11 is 0. The summed E-state index contributed by atoms with van der Waals surface area (Å²) in [5.74, 6) is -2.04. The molecule has 7 nitrogen and oxygen atoms in total. The van der Waals surface area contributed by atoms with E-state index in [4.69, 9.17) is 5.73 Å². The van der Waals surface area contributed by atoms with Crippen molar-refractivity contribution in [1.29, 1.82) is 0 Å². The predicted molar refractivity (Wildman–Crippen MR) is 93.4 cm³/mol. The average molecular weight is 395 g/mol. The summed E-state index contributed by atoms with van der Waals surface area (Å²) in [4.78, 5) is 34.7. The molecule has 0 unspecified atom stereocenters. The number of carbonyl (C=O) groups excluding carboxylic acids is 3. The maximum atomic E-state index is 12.1. The van der Waals surface area contributed by atoms with Gasteiger partial charge < -0.3 is 21.1 Å². The van der Waals surface area contributed by atoms with Gasteiger partial charge in [-0.25, -0.2) is 0 Å². The lowest BCUT2D eigenvalue weighted by Crippen LogP contribution is -2.33. The summed E-state index contributed by atoms with van der Waals surface area (Å²) in [6, 6.07) is 10.9. The molecule has 0 bridgehead atoms. The van der Waals surface area contributed by atoms with Crippen molar-refractivity contribution >= 4 is 23.4 Å². The third kappa shape index (κ3) is 6.98. The Morgan fingerprint density at radius 1 is 1.04 bits per heavy atom. The molecule has 4 N–H and O–H groups in total. The lowest BCUT2D eigenvalue weighted by atomic mass is 10.1. The molecular weight excluding hydrogens is 379 g/mol. The largest absolute Gasteiger partial charge is 0.573 e. The molecule has 0 saturated carbocycles. The van der Waals surface area contributed by atoms with Crippen LogP contribution < -0.4 is 21.1 Å². The van der Waals surface area contributed by atoms with Gasteiger partial charge in [0.1, 0.15) is 5.75 Å². The first-order valence-electron chi connectivity index (χ1n) is 7.93. The molecular formula is C18H16F3N3O4. The van der Waals surface area contributed by atoms with E-state index >= 15 is 0 Å². The van der Waals surface area contributed by atoms with E-state index in [1.165, 1.54) is 30.3 Å². The number of nitrogens with one attached hydrogen (secondary N) is 2. The van der Waals surface area contributed by atoms with Crippen LogP contribution in [0.1, 0.15) is 15.9 Å². The summed E-state index contributed by atoms with van der Waals surface area (Å²) in [7, 11) is 0. The van der Waals surface area contributed by atoms with Gasteiger partial charge in [-0.2, -0.15) is 0 Å². The first-order chi connectivity index (χ1) is 13.1. The highest BCUT2D eigenvalue weighted by atomic mass is 19.4. The highest BCUT2D eigenvalue weighted by molar-refractivity contribution is 5.98. The number of amides is 3. The second kappa shape index (κ2) is 8.89. The van der Waals surface area contributed by atoms with E-state index in [1.807, 2.05) is 0 Å². The zero-order valence-electron chi connectivity index (χ0n) is 14.4. The van der Waals surface area contributed by atoms with Gasteiger partial charge in [-0.3, -0.25) is 14.4 Å². The summed E-state index contributed by atoms with van der Waals surface area (Å²) in [5, 5.41) is 4.90. The van der Waals surface area contributed by atoms with Crippen molar-refractivity contribution in [3.05, 3.63) is 59.7 Å². The molecule has 28 heavy (non-hydrogen) atoms. The van der Waals surface area contributed by atoms with Crippen molar-refractivity contribution in [1.82, 2.24) is 5.32 Å². The van der Waals surface area contributed by atoms with Crippen LogP contribution in [0.15, 0.2) is 48.5 Å². The molecule has 148 valence electrons. The highest BCUT2D eigenvalue weighted by Gasteiger charge is 2.30. The van der Waals surface area contributed by atoms with Gasteiger partial charge in [0.2, 0.25) is 11.8 Å². The van der Waals surface area contributed by atoms with E-state index in [0.29, 0.717) is 11.3 Å². The number of hydrogen-bond donors (Lipinski definition) is 3. The van der Waals surface area contributed by atoms with Crippen molar-refractivity contribution in [3.63, 3.8) is 0 Å². The Bertz CT molecular complexity index is 867. The first-order valence-corrected chi connectivity index (χ1v) is 7.93. The van der Waals surface area contributed by atoms with Crippen LogP contribution in [0.3, 0.4) is 0 Å². The zero-order valence-corrected chi connectivity index (χ0v) is 14.4. The molecule has 10 heteroatoms. The van der Waals surface area contributed by atoms with E-state index in [1.54, 1.807) is 6.07 Å². The number of rotatable bonds is 7. The van der Waals surface area contributed by atoms with Gasteiger partial charge in [-0.15, -0.1) is 13.2 Å². The van der Waals surface area contributed by atoms with Gasteiger partial charge in [-0.05, 0) is 35.9 Å². The predicted octanol–water partition coefficient (Wildman–Crippen LogP) is 1.98. The van der Waals surface area contributed by atoms with Crippen LogP contribution in [0.25, 0.3) is 0 Å². The maximum Gasteiger partial charge on any atom is 0.573 e. The summed E-state index contributed by atoms with van der Waals surface area (Å²) < 4.78 is 40.2. The molecule has 0 aliphatic carbocycles. The summed E-state index contributed by atoms with van der Waals surface area (Å²) in [5.41, 5.74) is 5.98. The highest BCUT2D eigenvalue weighted by Crippen LogP contribution is 2.23. The number of nitrogens with two attached hydrogens (primary N) is 1. The van der Waals surface area contributed by atoms with Gasteiger partial charge in [0, 0.05) is 11.3 Å². The molecule has 2 rings (SSSR count). The van der Waals surface area contributed by atoms with E-state index in [2.05, 4.69) is 15.4 Å². The van der Waals surface area contributed by atoms with Crippen LogP contribution in [0.2, 0.25) is 0 Å². The van der Waals surface area contributed by atoms with Crippen LogP contribution in [-0.2, 0) is 16.0 Å². The minimum Gasteiger partial charge on any atom is -0.406 e. The average Bonchev–Trinajstić information content (AvgIpc) is 2.60. The Hall–Kier alpha value is -3.56. The minimum atomic E-state index is -4.78. The van der Waals surface area contributed by atoms with E-state index < -0.39 is 24.1 Å². The smallest absolute Gasteiger partial charge is 0.406 e. The Balaban J connectivity index is 1.95. The number of ether oxygens (including phenoxy) is 1. The lowest BCUT2D eigenvalue weighted by Gasteiger charge is -2.10. The third-order valence-corrected chi connectivity index (χ3v) is 3.35. The Morgan fingerprint density at radius 2 is 1.71 bits per heavy atom. The van der Waals surface area contributed by atoms with Crippen LogP contribution in [-0.4, -0.2) is 30.6 Å². The molecule has 2 aromatic carbocycles. The van der Waals surface area contributed by atoms with E-state index in [0.717, 1.165) is 12.1 Å². The second-order valence-electron chi connectivity index (χ2n) is 5.65. The van der Waals surface area contributed by atoms with Crippen molar-refractivity contribution < 1.29 is 32.3 Å². The number of hydrogen-bond acceptors (Lipinski definition) is 4. The van der Waals surface area contributed by atoms with Crippen LogP contribution in [0, 0.1) is 0 Å². The fourth-order valence-electron chi connectivity index (χ4n) is 2.21. The maximum absolute atomic E-state index is 12.1. The van der Waals surface area contributed by atoms with Gasteiger partial charge in [0.25, 0.3) is 5.91 Å². The monoisotopic (exact) mass is 395 g/mol. The second-order valence-corrected chi connectivity index (χ2v) is 5.65. The van der Waals surface area contributed by atoms with Gasteiger partial charge in [-0.1, -0.05) is 18.2 Å². The van der Waals surface area contributed by atoms with Gasteiger partial charge >= 0.3 is 6.36 Å². The number of halogens is 3. The standard InChI is InChI=1S/C18H16F3N3O4/c19-18(20,21)28-14-6-4-11(5-7-14)8-16(26)24-13-3-1-2-12(9-13)17(27)23-10-15(22)25/h1-7,9H,8,10H2,(H2,22,25)(H,23,27)(H,24,26). The normalized spacial score (nSPS) is 10.8. The van der Waals surface area contributed by atoms with Gasteiger partial charge in [0.15, 0.2) is 0 Å². The van der Waals surface area contributed by atoms with E-state index in [-0.39, 0.29) is 24.3 Å². The molecule has 3 amide bonds. The molecule has 0 spiro atoms. The van der Waals surface area contributed by atoms with Crippen molar-refractivity contribution in [2.75, 3.05) is 11.9 Å². The lowest BCUT2D eigenvalue weighted by molar-refractivity contribution is -0.274. The zero-order chi connectivity index (χ0) is 20.7. The SMILES string of the molecule is NC(=O)CNC(=O)c1cccc(NC(=O)Cc2ccc(OC(F)(F)F)cc2)c1. The first kappa shape index (κ1) is 20.7. The van der Waals surface area contributed by atoms with Gasteiger partial charge in [0.05, 0.1) is 13.0 Å². The van der Waals surface area contributed by atoms with Crippen molar-refractivity contribution in [2.45, 2.75) is 12.8 Å². The molecule has 0 saturated heterocycles. The fourth-order valence-corrected chi connectivity index (χ4v) is 2.21. The number of anilines is 1. The van der Waals surface area contributed by atoms with Crippen molar-refractivity contribution in [3.8, 4) is 5.75 Å². The molecule has 0 radical (unpaired) electrons. The summed E-state index contributed by atoms with van der Waals surface area (Å²) in [6.07, 6.45) is -4.88. The number of alkyl halides is 3. The molecule has 0 heterocycles. The van der Waals surface area contributed by atoms with Crippen LogP contribution >= 0.6 is 0 Å². The summed E-state index contributed by atoms with van der Waals surface area (Å²) in [6.45, 7) is -0.316. The topological polar surface area (TPSA) is 111 Å². The minimum absolute atomic E-state index is 0.0929. The molecule has 0 atom stereocenters. The quantitative estimate of drug-likeness (QED) is 0.666. The Morgan fingerprint density at radius 3 is 2.32 bits per heavy atom. The number of benzene rings is 2. The van der Waals surface area contributed by atoms with Crippen LogP contribution in [0.5, 0.6) is 5.75 Å². The molecule has 2 aromatic rings. The van der Waals surface area contributed by atoms with Crippen LogP contribution in [0.4, 0.5) is 18.9 Å².